The molecule has 1 aromatic carbocycles. The van der Waals surface area contributed by atoms with E-state index < -0.39 is 0 Å². The first-order chi connectivity index (χ1) is 10.8. The van der Waals surface area contributed by atoms with Crippen LogP contribution in [0.4, 0.5) is 0 Å². The number of hydrogen-bond donors (Lipinski definition) is 0. The summed E-state index contributed by atoms with van der Waals surface area (Å²) in [4.78, 5) is 14.5. The number of rotatable bonds is 3. The fourth-order valence-electron chi connectivity index (χ4n) is 3.04. The second-order valence-corrected chi connectivity index (χ2v) is 5.73. The van der Waals surface area contributed by atoms with Crippen LogP contribution in [0.1, 0.15) is 41.1 Å². The molecule has 3 rings (SSSR count). The fraction of sp³-hybridized carbons (Fsp3) is 0.389. The molecule has 1 aliphatic heterocycles. The lowest BCUT2D eigenvalue weighted by molar-refractivity contribution is 0.0754. The average molecular weight is 299 g/mol. The average Bonchev–Trinajstić information content (AvgIpc) is 2.99. The molecule has 1 atom stereocenters. The first-order valence-electron chi connectivity index (χ1n) is 7.73. The van der Waals surface area contributed by atoms with Gasteiger partial charge in [-0.3, -0.25) is 4.79 Å². The molecular weight excluding hydrogens is 278 g/mol. The first-order valence-corrected chi connectivity index (χ1v) is 7.73. The molecule has 1 aliphatic rings. The Morgan fingerprint density at radius 3 is 2.73 bits per heavy atom. The van der Waals surface area contributed by atoms with Crippen molar-refractivity contribution < 1.29 is 13.9 Å². The molecule has 0 radical (unpaired) electrons. The van der Waals surface area contributed by atoms with Gasteiger partial charge in [-0.05, 0) is 36.6 Å². The van der Waals surface area contributed by atoms with Gasteiger partial charge < -0.3 is 14.1 Å². The van der Waals surface area contributed by atoms with Crippen molar-refractivity contribution in [2.75, 3.05) is 20.2 Å². The van der Waals surface area contributed by atoms with Crippen LogP contribution in [-0.4, -0.2) is 31.0 Å². The SMILES string of the molecule is COc1ccc(C2CCCCN(C(=O)c3ccoc3)C2)cc1. The van der Waals surface area contributed by atoms with Crippen LogP contribution < -0.4 is 4.74 Å². The summed E-state index contributed by atoms with van der Waals surface area (Å²) in [5.74, 6) is 1.31. The van der Waals surface area contributed by atoms with Crippen molar-refractivity contribution in [3.05, 3.63) is 54.0 Å². The van der Waals surface area contributed by atoms with E-state index in [0.717, 1.165) is 38.1 Å². The zero-order valence-electron chi connectivity index (χ0n) is 12.8. The minimum Gasteiger partial charge on any atom is -0.497 e. The number of ether oxygens (including phenoxy) is 1. The Labute approximate surface area is 130 Å². The second-order valence-electron chi connectivity index (χ2n) is 5.73. The van der Waals surface area contributed by atoms with Gasteiger partial charge in [0.1, 0.15) is 12.0 Å². The van der Waals surface area contributed by atoms with Gasteiger partial charge in [0.15, 0.2) is 0 Å². The summed E-state index contributed by atoms with van der Waals surface area (Å²) in [7, 11) is 1.67. The van der Waals surface area contributed by atoms with E-state index in [4.69, 9.17) is 9.15 Å². The van der Waals surface area contributed by atoms with E-state index in [9.17, 15) is 4.79 Å². The number of carbonyl (C=O) groups excluding carboxylic acids is 1. The van der Waals surface area contributed by atoms with Crippen molar-refractivity contribution in [3.8, 4) is 5.75 Å². The van der Waals surface area contributed by atoms with E-state index in [2.05, 4.69) is 12.1 Å². The fourth-order valence-corrected chi connectivity index (χ4v) is 3.04. The highest BCUT2D eigenvalue weighted by molar-refractivity contribution is 5.93. The summed E-state index contributed by atoms with van der Waals surface area (Å²) >= 11 is 0. The molecule has 0 N–H and O–H groups in total. The first kappa shape index (κ1) is 14.7. The zero-order chi connectivity index (χ0) is 15.4. The van der Waals surface area contributed by atoms with Gasteiger partial charge in [-0.2, -0.15) is 0 Å². The molecule has 0 spiro atoms. The third-order valence-electron chi connectivity index (χ3n) is 4.31. The summed E-state index contributed by atoms with van der Waals surface area (Å²) in [5, 5.41) is 0. The molecule has 4 nitrogen and oxygen atoms in total. The summed E-state index contributed by atoms with van der Waals surface area (Å²) in [6, 6.07) is 9.92. The van der Waals surface area contributed by atoms with Gasteiger partial charge in [0.2, 0.25) is 0 Å². The summed E-state index contributed by atoms with van der Waals surface area (Å²) in [6.07, 6.45) is 6.38. The van der Waals surface area contributed by atoms with Crippen molar-refractivity contribution in [2.45, 2.75) is 25.2 Å². The summed E-state index contributed by atoms with van der Waals surface area (Å²) in [6.45, 7) is 1.58. The molecule has 0 bridgehead atoms. The number of amides is 1. The van der Waals surface area contributed by atoms with Crippen LogP contribution in [0, 0.1) is 0 Å². The van der Waals surface area contributed by atoms with Crippen molar-refractivity contribution in [2.24, 2.45) is 0 Å². The smallest absolute Gasteiger partial charge is 0.257 e. The largest absolute Gasteiger partial charge is 0.497 e. The van der Waals surface area contributed by atoms with Gasteiger partial charge in [-0.25, -0.2) is 0 Å². The molecule has 22 heavy (non-hydrogen) atoms. The number of furan rings is 1. The zero-order valence-corrected chi connectivity index (χ0v) is 12.8. The van der Waals surface area contributed by atoms with Crippen molar-refractivity contribution in [3.63, 3.8) is 0 Å². The molecule has 4 heteroatoms. The number of methoxy groups -OCH3 is 1. The van der Waals surface area contributed by atoms with Crippen LogP contribution in [0.25, 0.3) is 0 Å². The monoisotopic (exact) mass is 299 g/mol. The maximum absolute atomic E-state index is 12.5. The Kier molecular flexibility index (Phi) is 4.47. The highest BCUT2D eigenvalue weighted by Crippen LogP contribution is 2.28. The quantitative estimate of drug-likeness (QED) is 0.868. The Morgan fingerprint density at radius 2 is 2.05 bits per heavy atom. The lowest BCUT2D eigenvalue weighted by Crippen LogP contribution is -2.33. The molecule has 0 aliphatic carbocycles. The van der Waals surface area contributed by atoms with Gasteiger partial charge >= 0.3 is 0 Å². The van der Waals surface area contributed by atoms with E-state index in [1.807, 2.05) is 17.0 Å². The van der Waals surface area contributed by atoms with E-state index in [0.29, 0.717) is 11.5 Å². The maximum atomic E-state index is 12.5. The van der Waals surface area contributed by atoms with Crippen molar-refractivity contribution in [1.82, 2.24) is 4.90 Å². The van der Waals surface area contributed by atoms with E-state index in [1.54, 1.807) is 19.4 Å². The molecular formula is C18H21NO3. The van der Waals surface area contributed by atoms with Gasteiger partial charge in [-0.15, -0.1) is 0 Å². The normalized spacial score (nSPS) is 18.8. The summed E-state index contributed by atoms with van der Waals surface area (Å²) in [5.41, 5.74) is 1.91. The lowest BCUT2D eigenvalue weighted by atomic mass is 9.94. The van der Waals surface area contributed by atoms with E-state index in [-0.39, 0.29) is 5.91 Å². The van der Waals surface area contributed by atoms with Gasteiger partial charge in [0.05, 0.1) is 18.9 Å². The van der Waals surface area contributed by atoms with Crippen LogP contribution in [0.2, 0.25) is 0 Å². The van der Waals surface area contributed by atoms with Crippen LogP contribution in [0.5, 0.6) is 5.75 Å². The van der Waals surface area contributed by atoms with Gasteiger partial charge in [-0.1, -0.05) is 18.6 Å². The number of benzene rings is 1. The third kappa shape index (κ3) is 3.16. The van der Waals surface area contributed by atoms with Crippen LogP contribution in [0.3, 0.4) is 0 Å². The van der Waals surface area contributed by atoms with Crippen molar-refractivity contribution in [1.29, 1.82) is 0 Å². The van der Waals surface area contributed by atoms with Crippen LogP contribution >= 0.6 is 0 Å². The molecule has 2 aromatic rings. The highest BCUT2D eigenvalue weighted by Gasteiger charge is 2.24. The Morgan fingerprint density at radius 1 is 1.23 bits per heavy atom. The molecule has 1 aromatic heterocycles. The number of carbonyl (C=O) groups is 1. The Balaban J connectivity index is 1.75. The predicted molar refractivity (Wildman–Crippen MR) is 84.2 cm³/mol. The standard InChI is InChI=1S/C18H21NO3/c1-21-17-7-5-14(6-8-17)15-4-2-3-10-19(12-15)18(20)16-9-11-22-13-16/h5-9,11,13,15H,2-4,10,12H2,1H3. The van der Waals surface area contributed by atoms with E-state index in [1.165, 1.54) is 11.8 Å². The summed E-state index contributed by atoms with van der Waals surface area (Å²) < 4.78 is 10.2. The molecule has 1 saturated heterocycles. The van der Waals surface area contributed by atoms with Crippen molar-refractivity contribution >= 4 is 5.91 Å². The van der Waals surface area contributed by atoms with Crippen LogP contribution in [-0.2, 0) is 0 Å². The molecule has 2 heterocycles. The number of hydrogen-bond acceptors (Lipinski definition) is 3. The maximum Gasteiger partial charge on any atom is 0.257 e. The second kappa shape index (κ2) is 6.69. The number of nitrogens with zero attached hydrogens (tertiary/aromatic N) is 1. The lowest BCUT2D eigenvalue weighted by Gasteiger charge is -2.24. The Hall–Kier alpha value is -2.23. The molecule has 116 valence electrons. The Bertz CT molecular complexity index is 604. The molecule has 0 saturated carbocycles. The van der Waals surface area contributed by atoms with Crippen LogP contribution in [0.15, 0.2) is 47.3 Å². The van der Waals surface area contributed by atoms with Gasteiger partial charge in [0.25, 0.3) is 5.91 Å². The van der Waals surface area contributed by atoms with Gasteiger partial charge in [0, 0.05) is 19.0 Å². The number of likely N-dealkylation sites (tertiary alicyclic amines) is 1. The molecule has 1 unspecified atom stereocenters. The van der Waals surface area contributed by atoms with E-state index >= 15 is 0 Å². The highest BCUT2D eigenvalue weighted by atomic mass is 16.5. The molecule has 1 amide bonds. The predicted octanol–water partition coefficient (Wildman–Crippen LogP) is 3.70. The third-order valence-corrected chi connectivity index (χ3v) is 4.31. The molecule has 1 fully saturated rings. The minimum atomic E-state index is 0.0640. The topological polar surface area (TPSA) is 42.7 Å². The minimum absolute atomic E-state index is 0.0640.